The molecule has 1 N–H and O–H groups in total. The zero-order chi connectivity index (χ0) is 11.4. The van der Waals surface area contributed by atoms with Gasteiger partial charge in [-0.05, 0) is 36.4 Å². The van der Waals surface area contributed by atoms with E-state index in [4.69, 9.17) is 4.42 Å². The van der Waals surface area contributed by atoms with Crippen molar-refractivity contribution in [2.75, 3.05) is 5.32 Å². The van der Waals surface area contributed by atoms with E-state index in [1.54, 1.807) is 36.4 Å². The maximum absolute atomic E-state index is 11.6. The summed E-state index contributed by atoms with van der Waals surface area (Å²) in [5.41, 5.74) is 1.18. The summed E-state index contributed by atoms with van der Waals surface area (Å²) in [7, 11) is 0. The SMILES string of the molecule is O=Cc1ccc(NC(=O)c2ccco2)cc1. The Hall–Kier alpha value is -2.36. The third-order valence-electron chi connectivity index (χ3n) is 2.05. The van der Waals surface area contributed by atoms with Crippen LogP contribution in [-0.4, -0.2) is 12.2 Å². The van der Waals surface area contributed by atoms with Gasteiger partial charge in [0.25, 0.3) is 5.91 Å². The highest BCUT2D eigenvalue weighted by atomic mass is 16.3. The second kappa shape index (κ2) is 4.44. The number of amides is 1. The van der Waals surface area contributed by atoms with Gasteiger partial charge in [-0.3, -0.25) is 9.59 Å². The van der Waals surface area contributed by atoms with Crippen molar-refractivity contribution in [2.24, 2.45) is 0 Å². The first-order chi connectivity index (χ1) is 7.79. The van der Waals surface area contributed by atoms with Crippen LogP contribution in [0.15, 0.2) is 47.1 Å². The minimum atomic E-state index is -0.316. The molecule has 0 unspecified atom stereocenters. The minimum absolute atomic E-state index is 0.250. The van der Waals surface area contributed by atoms with E-state index in [0.717, 1.165) is 6.29 Å². The van der Waals surface area contributed by atoms with E-state index >= 15 is 0 Å². The Morgan fingerprint density at radius 2 is 1.94 bits per heavy atom. The second-order valence-corrected chi connectivity index (χ2v) is 3.17. The highest BCUT2D eigenvalue weighted by molar-refractivity contribution is 6.02. The van der Waals surface area contributed by atoms with Gasteiger partial charge >= 0.3 is 0 Å². The molecule has 16 heavy (non-hydrogen) atoms. The zero-order valence-corrected chi connectivity index (χ0v) is 8.34. The molecule has 0 saturated carbocycles. The highest BCUT2D eigenvalue weighted by Gasteiger charge is 2.07. The first-order valence-corrected chi connectivity index (χ1v) is 4.70. The number of rotatable bonds is 3. The molecule has 0 aliphatic rings. The molecule has 0 fully saturated rings. The maximum atomic E-state index is 11.6. The molecule has 0 aliphatic heterocycles. The summed E-state index contributed by atoms with van der Waals surface area (Å²) in [6.45, 7) is 0. The lowest BCUT2D eigenvalue weighted by molar-refractivity contribution is 0.0996. The molecule has 2 aromatic rings. The zero-order valence-electron chi connectivity index (χ0n) is 8.34. The molecule has 0 bridgehead atoms. The molecule has 2 rings (SSSR count). The van der Waals surface area contributed by atoms with Gasteiger partial charge in [-0.15, -0.1) is 0 Å². The maximum Gasteiger partial charge on any atom is 0.291 e. The summed E-state index contributed by atoms with van der Waals surface area (Å²) in [5.74, 6) is -0.0664. The number of aldehydes is 1. The fourth-order valence-corrected chi connectivity index (χ4v) is 1.25. The average Bonchev–Trinajstić information content (AvgIpc) is 2.83. The molecule has 1 amide bonds. The van der Waals surface area contributed by atoms with Crippen LogP contribution in [0, 0.1) is 0 Å². The Balaban J connectivity index is 2.09. The highest BCUT2D eigenvalue weighted by Crippen LogP contribution is 2.10. The lowest BCUT2D eigenvalue weighted by Gasteiger charge is -2.02. The number of benzene rings is 1. The van der Waals surface area contributed by atoms with Crippen LogP contribution in [0.4, 0.5) is 5.69 Å². The van der Waals surface area contributed by atoms with Crippen LogP contribution >= 0.6 is 0 Å². The third-order valence-corrected chi connectivity index (χ3v) is 2.05. The predicted molar refractivity (Wildman–Crippen MR) is 58.5 cm³/mol. The Labute approximate surface area is 91.9 Å². The molecule has 4 heteroatoms. The van der Waals surface area contributed by atoms with Crippen molar-refractivity contribution in [3.63, 3.8) is 0 Å². The van der Waals surface area contributed by atoms with Crippen molar-refractivity contribution < 1.29 is 14.0 Å². The lowest BCUT2D eigenvalue weighted by Crippen LogP contribution is -2.10. The molecule has 0 radical (unpaired) electrons. The topological polar surface area (TPSA) is 59.3 Å². The second-order valence-electron chi connectivity index (χ2n) is 3.17. The monoisotopic (exact) mass is 215 g/mol. The van der Waals surface area contributed by atoms with E-state index in [1.165, 1.54) is 6.26 Å². The average molecular weight is 215 g/mol. The fraction of sp³-hybridized carbons (Fsp3) is 0. The third kappa shape index (κ3) is 2.17. The fourth-order valence-electron chi connectivity index (χ4n) is 1.25. The Bertz CT molecular complexity index is 485. The van der Waals surface area contributed by atoms with Gasteiger partial charge in [0.15, 0.2) is 5.76 Å². The van der Waals surface area contributed by atoms with E-state index < -0.39 is 0 Å². The lowest BCUT2D eigenvalue weighted by atomic mass is 10.2. The van der Waals surface area contributed by atoms with Gasteiger partial charge in [0.2, 0.25) is 0 Å². The van der Waals surface area contributed by atoms with Crippen molar-refractivity contribution in [1.82, 2.24) is 0 Å². The van der Waals surface area contributed by atoms with Gasteiger partial charge in [0.05, 0.1) is 6.26 Å². The number of hydrogen-bond donors (Lipinski definition) is 1. The minimum Gasteiger partial charge on any atom is -0.459 e. The number of furan rings is 1. The van der Waals surface area contributed by atoms with Gasteiger partial charge < -0.3 is 9.73 Å². The summed E-state index contributed by atoms with van der Waals surface area (Å²) in [5, 5.41) is 2.65. The summed E-state index contributed by atoms with van der Waals surface area (Å²) in [6.07, 6.45) is 2.18. The van der Waals surface area contributed by atoms with Crippen molar-refractivity contribution in [3.05, 3.63) is 54.0 Å². The van der Waals surface area contributed by atoms with Crippen LogP contribution in [0.3, 0.4) is 0 Å². The van der Waals surface area contributed by atoms with Crippen molar-refractivity contribution in [3.8, 4) is 0 Å². The number of nitrogens with one attached hydrogen (secondary N) is 1. The van der Waals surface area contributed by atoms with Gasteiger partial charge in [0.1, 0.15) is 6.29 Å². The molecular formula is C12H9NO3. The van der Waals surface area contributed by atoms with Gasteiger partial charge in [-0.25, -0.2) is 0 Å². The van der Waals surface area contributed by atoms with Crippen LogP contribution in [0.5, 0.6) is 0 Å². The normalized spacial score (nSPS) is 9.75. The molecule has 0 spiro atoms. The molecule has 4 nitrogen and oxygen atoms in total. The molecule has 1 heterocycles. The quantitative estimate of drug-likeness (QED) is 0.799. The molecular weight excluding hydrogens is 206 g/mol. The van der Waals surface area contributed by atoms with Gasteiger partial charge in [-0.2, -0.15) is 0 Å². The number of carbonyl (C=O) groups excluding carboxylic acids is 2. The van der Waals surface area contributed by atoms with E-state index in [9.17, 15) is 9.59 Å². The number of hydrogen-bond acceptors (Lipinski definition) is 3. The van der Waals surface area contributed by atoms with E-state index in [1.807, 2.05) is 0 Å². The van der Waals surface area contributed by atoms with Crippen molar-refractivity contribution in [2.45, 2.75) is 0 Å². The summed E-state index contributed by atoms with van der Waals surface area (Å²) >= 11 is 0. The van der Waals surface area contributed by atoms with Crippen LogP contribution in [0.2, 0.25) is 0 Å². The molecule has 80 valence electrons. The first-order valence-electron chi connectivity index (χ1n) is 4.70. The van der Waals surface area contributed by atoms with Crippen LogP contribution < -0.4 is 5.32 Å². The summed E-state index contributed by atoms with van der Waals surface area (Å²) in [6, 6.07) is 9.80. The molecule has 1 aromatic heterocycles. The molecule has 1 aromatic carbocycles. The number of anilines is 1. The van der Waals surface area contributed by atoms with Crippen molar-refractivity contribution in [1.29, 1.82) is 0 Å². The van der Waals surface area contributed by atoms with E-state index in [0.29, 0.717) is 11.3 Å². The van der Waals surface area contributed by atoms with Crippen LogP contribution in [0.1, 0.15) is 20.9 Å². The predicted octanol–water partition coefficient (Wildman–Crippen LogP) is 2.34. The number of carbonyl (C=O) groups is 2. The van der Waals surface area contributed by atoms with Crippen molar-refractivity contribution >= 4 is 17.9 Å². The Morgan fingerprint density at radius 3 is 2.50 bits per heavy atom. The van der Waals surface area contributed by atoms with Gasteiger partial charge in [0, 0.05) is 11.3 Å². The van der Waals surface area contributed by atoms with Crippen LogP contribution in [-0.2, 0) is 0 Å². The standard InChI is InChI=1S/C12H9NO3/c14-8-9-3-5-10(6-4-9)13-12(15)11-2-1-7-16-11/h1-8H,(H,13,15). The molecule has 0 aliphatic carbocycles. The Morgan fingerprint density at radius 1 is 1.19 bits per heavy atom. The van der Waals surface area contributed by atoms with Gasteiger partial charge in [-0.1, -0.05) is 0 Å². The Kier molecular flexibility index (Phi) is 2.82. The smallest absolute Gasteiger partial charge is 0.291 e. The van der Waals surface area contributed by atoms with E-state index in [2.05, 4.69) is 5.32 Å². The molecule has 0 saturated heterocycles. The summed E-state index contributed by atoms with van der Waals surface area (Å²) in [4.78, 5) is 22.0. The molecule has 0 atom stereocenters. The largest absolute Gasteiger partial charge is 0.459 e. The van der Waals surface area contributed by atoms with Crippen LogP contribution in [0.25, 0.3) is 0 Å². The first kappa shape index (κ1) is 10.2. The van der Waals surface area contributed by atoms with E-state index in [-0.39, 0.29) is 11.7 Å². The summed E-state index contributed by atoms with van der Waals surface area (Å²) < 4.78 is 4.94.